The molecule has 0 atom stereocenters. The van der Waals surface area contributed by atoms with Crippen molar-refractivity contribution in [2.75, 3.05) is 17.6 Å². The van der Waals surface area contributed by atoms with Crippen LogP contribution in [0.2, 0.25) is 5.02 Å². The molecule has 0 bridgehead atoms. The average Bonchev–Trinajstić information content (AvgIpc) is 2.56. The topological polar surface area (TPSA) is 72.5 Å². The highest BCUT2D eigenvalue weighted by Gasteiger charge is 2.20. The number of thioether (sulfide) groups is 1. The van der Waals surface area contributed by atoms with Crippen molar-refractivity contribution in [1.29, 1.82) is 0 Å². The Labute approximate surface area is 150 Å². The van der Waals surface area contributed by atoms with Crippen molar-refractivity contribution in [3.8, 4) is 0 Å². The van der Waals surface area contributed by atoms with Gasteiger partial charge in [-0.2, -0.15) is 0 Å². The zero-order valence-corrected chi connectivity index (χ0v) is 15.5. The van der Waals surface area contributed by atoms with Crippen LogP contribution >= 0.6 is 23.4 Å². The monoisotopic (exact) mass is 385 g/mol. The van der Waals surface area contributed by atoms with E-state index in [4.69, 9.17) is 11.6 Å². The summed E-state index contributed by atoms with van der Waals surface area (Å²) in [5.41, 5.74) is 0.483. The Balaban J connectivity index is 2.40. The number of benzene rings is 2. The molecule has 1 N–H and O–H groups in total. The highest BCUT2D eigenvalue weighted by Crippen LogP contribution is 2.29. The van der Waals surface area contributed by atoms with E-state index in [9.17, 15) is 13.2 Å². The molecule has 0 aliphatic rings. The number of halogens is 1. The van der Waals surface area contributed by atoms with Crippen molar-refractivity contribution in [1.82, 2.24) is 0 Å². The van der Waals surface area contributed by atoms with Crippen LogP contribution in [0.4, 0.5) is 5.69 Å². The first-order valence-corrected chi connectivity index (χ1v) is 9.86. The number of anilines is 1. The van der Waals surface area contributed by atoms with E-state index < -0.39 is 16.0 Å². The fourth-order valence-corrected chi connectivity index (χ4v) is 4.10. The minimum absolute atomic E-state index is 0.00161. The number of esters is 1. The molecule has 24 heavy (non-hydrogen) atoms. The summed E-state index contributed by atoms with van der Waals surface area (Å²) in [4.78, 5) is 12.4. The third-order valence-electron chi connectivity index (χ3n) is 3.08. The predicted octanol–water partition coefficient (Wildman–Crippen LogP) is 4.04. The number of carbonyl (C=O) groups is 1. The summed E-state index contributed by atoms with van der Waals surface area (Å²) in [5.74, 6) is 0.116. The molecule has 0 aromatic heterocycles. The lowest BCUT2D eigenvalue weighted by Crippen LogP contribution is -2.14. The maximum atomic E-state index is 12.6. The third kappa shape index (κ3) is 4.23. The van der Waals surface area contributed by atoms with Gasteiger partial charge in [0.1, 0.15) is 0 Å². The summed E-state index contributed by atoms with van der Waals surface area (Å²) in [6, 6.07) is 11.0. The molecular weight excluding hydrogens is 370 g/mol. The Morgan fingerprint density at radius 1 is 1.25 bits per heavy atom. The van der Waals surface area contributed by atoms with Crippen LogP contribution in [0.25, 0.3) is 0 Å². The molecule has 8 heteroatoms. The summed E-state index contributed by atoms with van der Waals surface area (Å²) in [6.45, 7) is 1.98. The fourth-order valence-electron chi connectivity index (χ4n) is 1.97. The summed E-state index contributed by atoms with van der Waals surface area (Å²) < 4.78 is 32.4. The predicted molar refractivity (Wildman–Crippen MR) is 96.4 cm³/mol. The van der Waals surface area contributed by atoms with Gasteiger partial charge in [0.25, 0.3) is 10.0 Å². The minimum Gasteiger partial charge on any atom is -0.465 e. The van der Waals surface area contributed by atoms with Crippen molar-refractivity contribution in [2.45, 2.75) is 16.7 Å². The standard InChI is InChI=1S/C16H16ClNO4S2/c1-3-23-15-7-5-4-6-14(15)18-24(20,21)11-8-9-13(17)12(10-11)16(19)22-2/h4-10,18H,3H2,1-2H3. The highest BCUT2D eigenvalue weighted by molar-refractivity contribution is 7.99. The van der Waals surface area contributed by atoms with E-state index in [0.717, 1.165) is 10.6 Å². The second-order valence-electron chi connectivity index (χ2n) is 4.67. The number of sulfonamides is 1. The van der Waals surface area contributed by atoms with E-state index in [-0.39, 0.29) is 15.5 Å². The number of para-hydroxylation sites is 1. The van der Waals surface area contributed by atoms with Gasteiger partial charge in [0.2, 0.25) is 0 Å². The Hall–Kier alpha value is -1.70. The van der Waals surface area contributed by atoms with Gasteiger partial charge in [-0.3, -0.25) is 4.72 Å². The van der Waals surface area contributed by atoms with Crippen LogP contribution in [-0.4, -0.2) is 27.2 Å². The molecule has 0 heterocycles. The number of rotatable bonds is 6. The van der Waals surface area contributed by atoms with Gasteiger partial charge in [0.05, 0.1) is 28.3 Å². The molecule has 0 aliphatic carbocycles. The highest BCUT2D eigenvalue weighted by atomic mass is 35.5. The van der Waals surface area contributed by atoms with Crippen molar-refractivity contribution < 1.29 is 17.9 Å². The number of methoxy groups -OCH3 is 1. The Morgan fingerprint density at radius 3 is 2.62 bits per heavy atom. The number of carbonyl (C=O) groups excluding carboxylic acids is 1. The Bertz CT molecular complexity index is 853. The van der Waals surface area contributed by atoms with Crippen LogP contribution in [0.1, 0.15) is 17.3 Å². The van der Waals surface area contributed by atoms with Crippen LogP contribution in [0.3, 0.4) is 0 Å². The Kier molecular flexibility index (Phi) is 6.15. The van der Waals surface area contributed by atoms with Gasteiger partial charge in [-0.05, 0) is 36.1 Å². The lowest BCUT2D eigenvalue weighted by Gasteiger charge is -2.12. The number of ether oxygens (including phenoxy) is 1. The number of nitrogens with one attached hydrogen (secondary N) is 1. The average molecular weight is 386 g/mol. The van der Waals surface area contributed by atoms with E-state index in [2.05, 4.69) is 9.46 Å². The lowest BCUT2D eigenvalue weighted by molar-refractivity contribution is 0.0600. The smallest absolute Gasteiger partial charge is 0.339 e. The van der Waals surface area contributed by atoms with Crippen LogP contribution in [0.15, 0.2) is 52.3 Å². The summed E-state index contributed by atoms with van der Waals surface area (Å²) in [5, 5.41) is 0.128. The van der Waals surface area contributed by atoms with Crippen molar-refractivity contribution in [3.63, 3.8) is 0 Å². The van der Waals surface area contributed by atoms with Crippen LogP contribution in [0, 0.1) is 0 Å². The SMILES string of the molecule is CCSc1ccccc1NS(=O)(=O)c1ccc(Cl)c(C(=O)OC)c1. The zero-order valence-electron chi connectivity index (χ0n) is 13.1. The normalized spacial score (nSPS) is 11.1. The molecule has 128 valence electrons. The maximum absolute atomic E-state index is 12.6. The maximum Gasteiger partial charge on any atom is 0.339 e. The van der Waals surface area contributed by atoms with Gasteiger partial charge in [-0.15, -0.1) is 11.8 Å². The summed E-state index contributed by atoms with van der Waals surface area (Å²) in [6.07, 6.45) is 0. The van der Waals surface area contributed by atoms with E-state index in [1.807, 2.05) is 19.1 Å². The number of hydrogen-bond donors (Lipinski definition) is 1. The molecular formula is C16H16ClNO4S2. The Morgan fingerprint density at radius 2 is 1.96 bits per heavy atom. The van der Waals surface area contributed by atoms with E-state index in [1.165, 1.54) is 37.1 Å². The van der Waals surface area contributed by atoms with Crippen molar-refractivity contribution in [3.05, 3.63) is 53.1 Å². The molecule has 2 aromatic rings. The summed E-state index contributed by atoms with van der Waals surface area (Å²) in [7, 11) is -2.66. The van der Waals surface area contributed by atoms with Crippen LogP contribution in [0.5, 0.6) is 0 Å². The van der Waals surface area contributed by atoms with E-state index in [1.54, 1.807) is 12.1 Å². The van der Waals surface area contributed by atoms with E-state index in [0.29, 0.717) is 5.69 Å². The minimum atomic E-state index is -3.86. The summed E-state index contributed by atoms with van der Waals surface area (Å²) >= 11 is 7.46. The van der Waals surface area contributed by atoms with Gasteiger partial charge < -0.3 is 4.74 Å². The molecule has 2 aromatic carbocycles. The molecule has 5 nitrogen and oxygen atoms in total. The molecule has 0 fully saturated rings. The van der Waals surface area contributed by atoms with Crippen LogP contribution in [-0.2, 0) is 14.8 Å². The van der Waals surface area contributed by atoms with Crippen molar-refractivity contribution >= 4 is 45.0 Å². The lowest BCUT2D eigenvalue weighted by atomic mass is 10.2. The fraction of sp³-hybridized carbons (Fsp3) is 0.188. The second kappa shape index (κ2) is 7.92. The van der Waals surface area contributed by atoms with Gasteiger partial charge in [-0.1, -0.05) is 30.7 Å². The van der Waals surface area contributed by atoms with Gasteiger partial charge in [-0.25, -0.2) is 13.2 Å². The largest absolute Gasteiger partial charge is 0.465 e. The molecule has 0 aliphatic heterocycles. The quantitative estimate of drug-likeness (QED) is 0.600. The molecule has 0 spiro atoms. The van der Waals surface area contributed by atoms with E-state index >= 15 is 0 Å². The molecule has 0 unspecified atom stereocenters. The van der Waals surface area contributed by atoms with Gasteiger partial charge in [0.15, 0.2) is 0 Å². The molecule has 0 saturated heterocycles. The third-order valence-corrected chi connectivity index (χ3v) is 5.73. The molecule has 0 saturated carbocycles. The van der Waals surface area contributed by atoms with Gasteiger partial charge >= 0.3 is 5.97 Å². The molecule has 0 amide bonds. The van der Waals surface area contributed by atoms with Gasteiger partial charge in [0, 0.05) is 4.90 Å². The zero-order chi connectivity index (χ0) is 17.7. The van der Waals surface area contributed by atoms with Crippen molar-refractivity contribution in [2.24, 2.45) is 0 Å². The first-order valence-electron chi connectivity index (χ1n) is 7.01. The second-order valence-corrected chi connectivity index (χ2v) is 8.06. The molecule has 0 radical (unpaired) electrons. The number of hydrogen-bond acceptors (Lipinski definition) is 5. The first kappa shape index (κ1) is 18.6. The molecule has 2 rings (SSSR count). The van der Waals surface area contributed by atoms with Crippen LogP contribution < -0.4 is 4.72 Å². The first-order chi connectivity index (χ1) is 11.4.